The number of para-hydroxylation sites is 4. The summed E-state index contributed by atoms with van der Waals surface area (Å²) in [5, 5.41) is 11.9. The first-order chi connectivity index (χ1) is 20.1. The maximum absolute atomic E-state index is 5.47. The highest BCUT2D eigenvalue weighted by atomic mass is 16.5. The summed E-state index contributed by atoms with van der Waals surface area (Å²) in [5.74, 6) is 4.02. The zero-order valence-corrected chi connectivity index (χ0v) is 23.3. The number of anilines is 4. The van der Waals surface area contributed by atoms with Crippen LogP contribution >= 0.6 is 0 Å². The van der Waals surface area contributed by atoms with Crippen LogP contribution in [0.5, 0.6) is 28.7 Å². The third-order valence-electron chi connectivity index (χ3n) is 5.71. The lowest BCUT2D eigenvalue weighted by molar-refractivity contribution is 0.354. The SMILES string of the molecule is COc1ccccc1Nc1nc(NN=Cc2cccc(OC)c2OC)cc(NN=Cc2cccc(OC)c2OC)n1. The summed E-state index contributed by atoms with van der Waals surface area (Å²) in [7, 11) is 7.89. The Labute approximate surface area is 238 Å². The molecule has 0 aliphatic heterocycles. The normalized spacial score (nSPS) is 10.9. The second-order valence-corrected chi connectivity index (χ2v) is 8.19. The molecule has 12 heteroatoms. The van der Waals surface area contributed by atoms with E-state index in [0.29, 0.717) is 46.1 Å². The number of hydrogen-bond donors (Lipinski definition) is 3. The summed E-state index contributed by atoms with van der Waals surface area (Å²) < 4.78 is 27.1. The van der Waals surface area contributed by atoms with Gasteiger partial charge in [0.15, 0.2) is 34.6 Å². The van der Waals surface area contributed by atoms with Gasteiger partial charge in [0.05, 0.1) is 53.7 Å². The van der Waals surface area contributed by atoms with Crippen LogP contribution in [0.15, 0.2) is 76.9 Å². The molecule has 1 aromatic heterocycles. The second kappa shape index (κ2) is 14.0. The van der Waals surface area contributed by atoms with Gasteiger partial charge < -0.3 is 29.0 Å². The molecular formula is C29H31N7O5. The fourth-order valence-corrected chi connectivity index (χ4v) is 3.85. The van der Waals surface area contributed by atoms with E-state index in [4.69, 9.17) is 23.7 Å². The number of ether oxygens (including phenoxy) is 5. The number of hydrogen-bond acceptors (Lipinski definition) is 12. The van der Waals surface area contributed by atoms with E-state index in [-0.39, 0.29) is 5.95 Å². The van der Waals surface area contributed by atoms with E-state index in [9.17, 15) is 0 Å². The average molecular weight is 558 g/mol. The van der Waals surface area contributed by atoms with Crippen LogP contribution in [0.25, 0.3) is 0 Å². The highest BCUT2D eigenvalue weighted by Crippen LogP contribution is 2.31. The molecule has 0 fully saturated rings. The van der Waals surface area contributed by atoms with E-state index in [2.05, 4.69) is 36.3 Å². The topological polar surface area (TPSA) is 133 Å². The van der Waals surface area contributed by atoms with Crippen molar-refractivity contribution in [2.75, 3.05) is 51.7 Å². The number of rotatable bonds is 13. The molecule has 0 radical (unpaired) electrons. The third-order valence-corrected chi connectivity index (χ3v) is 5.71. The lowest BCUT2D eigenvalue weighted by atomic mass is 10.2. The van der Waals surface area contributed by atoms with Crippen molar-refractivity contribution in [2.45, 2.75) is 0 Å². The average Bonchev–Trinajstić information content (AvgIpc) is 3.00. The summed E-state index contributed by atoms with van der Waals surface area (Å²) in [6.45, 7) is 0. The molecule has 0 aliphatic carbocycles. The van der Waals surface area contributed by atoms with Crippen molar-refractivity contribution >= 4 is 35.7 Å². The van der Waals surface area contributed by atoms with Gasteiger partial charge in [-0.15, -0.1) is 0 Å². The Bertz CT molecular complexity index is 1440. The molecular weight excluding hydrogens is 526 g/mol. The van der Waals surface area contributed by atoms with Crippen molar-refractivity contribution in [1.29, 1.82) is 0 Å². The Kier molecular flexibility index (Phi) is 9.75. The van der Waals surface area contributed by atoms with Crippen LogP contribution in [0.4, 0.5) is 23.3 Å². The molecule has 4 aromatic rings. The van der Waals surface area contributed by atoms with Gasteiger partial charge in [0, 0.05) is 17.2 Å². The predicted molar refractivity (Wildman–Crippen MR) is 160 cm³/mol. The van der Waals surface area contributed by atoms with Crippen molar-refractivity contribution in [3.05, 3.63) is 77.9 Å². The highest BCUT2D eigenvalue weighted by molar-refractivity contribution is 5.86. The van der Waals surface area contributed by atoms with Crippen molar-refractivity contribution in [2.24, 2.45) is 10.2 Å². The Morgan fingerprint density at radius 3 is 1.56 bits per heavy atom. The molecule has 0 aliphatic rings. The summed E-state index contributed by atoms with van der Waals surface area (Å²) in [6.07, 6.45) is 3.22. The first-order valence-corrected chi connectivity index (χ1v) is 12.4. The Morgan fingerprint density at radius 2 is 1.07 bits per heavy atom. The van der Waals surface area contributed by atoms with Gasteiger partial charge in [-0.05, 0) is 36.4 Å². The largest absolute Gasteiger partial charge is 0.495 e. The lowest BCUT2D eigenvalue weighted by Gasteiger charge is -2.12. The molecule has 0 bridgehead atoms. The molecule has 4 rings (SSSR count). The molecule has 0 saturated heterocycles. The minimum absolute atomic E-state index is 0.283. The van der Waals surface area contributed by atoms with Crippen LogP contribution in [0.2, 0.25) is 0 Å². The van der Waals surface area contributed by atoms with Crippen LogP contribution in [0.1, 0.15) is 11.1 Å². The number of hydrazone groups is 2. The van der Waals surface area contributed by atoms with Crippen molar-refractivity contribution in [3.8, 4) is 28.7 Å². The van der Waals surface area contributed by atoms with Crippen LogP contribution < -0.4 is 39.9 Å². The number of nitrogens with one attached hydrogen (secondary N) is 3. The third kappa shape index (κ3) is 7.12. The summed E-state index contributed by atoms with van der Waals surface area (Å²) >= 11 is 0. The zero-order chi connectivity index (χ0) is 29.0. The molecule has 1 heterocycles. The summed E-state index contributed by atoms with van der Waals surface area (Å²) in [5.41, 5.74) is 8.01. The minimum Gasteiger partial charge on any atom is -0.495 e. The molecule has 41 heavy (non-hydrogen) atoms. The van der Waals surface area contributed by atoms with E-state index in [0.717, 1.165) is 11.1 Å². The highest BCUT2D eigenvalue weighted by Gasteiger charge is 2.11. The fourth-order valence-electron chi connectivity index (χ4n) is 3.85. The molecule has 3 N–H and O–H groups in total. The fraction of sp³-hybridized carbons (Fsp3) is 0.172. The monoisotopic (exact) mass is 557 g/mol. The summed E-state index contributed by atoms with van der Waals surface area (Å²) in [4.78, 5) is 9.08. The van der Waals surface area contributed by atoms with Gasteiger partial charge in [-0.1, -0.05) is 24.3 Å². The van der Waals surface area contributed by atoms with Gasteiger partial charge in [0.2, 0.25) is 5.95 Å². The lowest BCUT2D eigenvalue weighted by Crippen LogP contribution is -2.05. The van der Waals surface area contributed by atoms with E-state index < -0.39 is 0 Å². The van der Waals surface area contributed by atoms with Crippen molar-refractivity contribution < 1.29 is 23.7 Å². The predicted octanol–water partition coefficient (Wildman–Crippen LogP) is 5.16. The molecule has 0 saturated carbocycles. The Balaban J connectivity index is 1.61. The Morgan fingerprint density at radius 1 is 0.585 bits per heavy atom. The van der Waals surface area contributed by atoms with Crippen molar-refractivity contribution in [1.82, 2.24) is 9.97 Å². The quantitative estimate of drug-likeness (QED) is 0.150. The van der Waals surface area contributed by atoms with Gasteiger partial charge in [0.1, 0.15) is 5.75 Å². The van der Waals surface area contributed by atoms with Gasteiger partial charge in [0.25, 0.3) is 0 Å². The molecule has 0 spiro atoms. The summed E-state index contributed by atoms with van der Waals surface area (Å²) in [6, 6.07) is 20.1. The first kappa shape index (κ1) is 28.5. The van der Waals surface area contributed by atoms with Gasteiger partial charge in [-0.2, -0.15) is 20.2 Å². The van der Waals surface area contributed by atoms with Crippen LogP contribution in [-0.2, 0) is 0 Å². The molecule has 12 nitrogen and oxygen atoms in total. The zero-order valence-electron chi connectivity index (χ0n) is 23.3. The van der Waals surface area contributed by atoms with E-state index >= 15 is 0 Å². The van der Waals surface area contributed by atoms with Gasteiger partial charge >= 0.3 is 0 Å². The maximum Gasteiger partial charge on any atom is 0.231 e. The van der Waals surface area contributed by atoms with Crippen LogP contribution in [-0.4, -0.2) is 57.9 Å². The van der Waals surface area contributed by atoms with Gasteiger partial charge in [-0.25, -0.2) is 0 Å². The van der Waals surface area contributed by atoms with Gasteiger partial charge in [-0.3, -0.25) is 10.9 Å². The van der Waals surface area contributed by atoms with E-state index in [1.807, 2.05) is 60.7 Å². The van der Waals surface area contributed by atoms with Crippen LogP contribution in [0, 0.1) is 0 Å². The number of benzene rings is 3. The maximum atomic E-state index is 5.47. The number of nitrogens with zero attached hydrogens (tertiary/aromatic N) is 4. The molecule has 0 unspecified atom stereocenters. The standard InChI is InChI=1S/C29H31N7O5/c1-37-22-13-7-6-12-21(22)32-29-33-25(35-30-17-19-10-8-14-23(38-2)27(19)40-4)16-26(34-29)36-31-18-20-11-9-15-24(39-3)28(20)41-5/h6-18H,1-5H3,(H3,32,33,34,35,36). The van der Waals surface area contributed by atoms with Crippen LogP contribution in [0.3, 0.4) is 0 Å². The molecule has 0 atom stereocenters. The molecule has 3 aromatic carbocycles. The smallest absolute Gasteiger partial charge is 0.231 e. The minimum atomic E-state index is 0.283. The first-order valence-electron chi connectivity index (χ1n) is 12.4. The molecule has 0 amide bonds. The Hall–Kier alpha value is -5.52. The van der Waals surface area contributed by atoms with E-state index in [1.54, 1.807) is 54.0 Å². The van der Waals surface area contributed by atoms with E-state index in [1.165, 1.54) is 0 Å². The number of methoxy groups -OCH3 is 5. The number of aromatic nitrogens is 2. The second-order valence-electron chi connectivity index (χ2n) is 8.19. The van der Waals surface area contributed by atoms with Crippen molar-refractivity contribution in [3.63, 3.8) is 0 Å². The molecule has 212 valence electrons.